The molecule has 0 spiro atoms. The molecule has 0 bridgehead atoms. The molecule has 7 heteroatoms. The summed E-state index contributed by atoms with van der Waals surface area (Å²) in [5.41, 5.74) is 3.75. The molecule has 0 radical (unpaired) electrons. The number of hydrogen-bond donors (Lipinski definition) is 0. The summed E-state index contributed by atoms with van der Waals surface area (Å²) in [5.74, 6) is 2.20. The summed E-state index contributed by atoms with van der Waals surface area (Å²) >= 11 is 1.51. The molecule has 2 aromatic heterocycles. The van der Waals surface area contributed by atoms with Crippen molar-refractivity contribution < 1.29 is 13.9 Å². The Kier molecular flexibility index (Phi) is 4.50. The summed E-state index contributed by atoms with van der Waals surface area (Å²) in [6.45, 7) is 2.29. The molecule has 144 valence electrons. The van der Waals surface area contributed by atoms with Crippen LogP contribution in [0.1, 0.15) is 11.1 Å². The first-order valence-electron chi connectivity index (χ1n) is 9.07. The second-order valence-corrected chi connectivity index (χ2v) is 7.28. The normalized spacial score (nSPS) is 13.5. The van der Waals surface area contributed by atoms with E-state index in [0.29, 0.717) is 0 Å². The molecule has 2 aromatic carbocycles. The van der Waals surface area contributed by atoms with Crippen LogP contribution in [0.3, 0.4) is 0 Å². The van der Waals surface area contributed by atoms with E-state index < -0.39 is 0 Å². The van der Waals surface area contributed by atoms with Crippen molar-refractivity contribution in [3.63, 3.8) is 0 Å². The molecule has 0 fully saturated rings. The molecule has 29 heavy (non-hydrogen) atoms. The van der Waals surface area contributed by atoms with Crippen LogP contribution in [0.25, 0.3) is 11.5 Å². The number of nitrogens with zero attached hydrogens (tertiary/aromatic N) is 3. The maximum absolute atomic E-state index is 5.59. The van der Waals surface area contributed by atoms with Crippen LogP contribution in [0.4, 0.5) is 5.69 Å². The summed E-state index contributed by atoms with van der Waals surface area (Å²) < 4.78 is 18.2. The maximum Gasteiger partial charge on any atom is 0.231 e. The highest BCUT2D eigenvalue weighted by atomic mass is 32.1. The topological polar surface area (TPSA) is 61.2 Å². The second-order valence-electron chi connectivity index (χ2n) is 6.45. The van der Waals surface area contributed by atoms with Gasteiger partial charge in [-0.3, -0.25) is 0 Å². The predicted octanol–water partition coefficient (Wildman–Crippen LogP) is 4.96. The smallest absolute Gasteiger partial charge is 0.231 e. The number of ether oxygens (including phenoxy) is 2. The van der Waals surface area contributed by atoms with E-state index in [1.54, 1.807) is 17.2 Å². The van der Waals surface area contributed by atoms with Gasteiger partial charge in [0.25, 0.3) is 0 Å². The minimum absolute atomic E-state index is 0.247. The molecule has 0 unspecified atom stereocenters. The van der Waals surface area contributed by atoms with Gasteiger partial charge in [0.15, 0.2) is 17.3 Å². The van der Waals surface area contributed by atoms with Gasteiger partial charge in [0.05, 0.1) is 18.2 Å². The Morgan fingerprint density at radius 2 is 1.93 bits per heavy atom. The van der Waals surface area contributed by atoms with Gasteiger partial charge in [-0.25, -0.2) is 9.67 Å². The highest BCUT2D eigenvalue weighted by Crippen LogP contribution is 2.32. The van der Waals surface area contributed by atoms with Gasteiger partial charge in [-0.05, 0) is 54.4 Å². The third kappa shape index (κ3) is 3.48. The van der Waals surface area contributed by atoms with Crippen molar-refractivity contribution in [3.8, 4) is 23.0 Å². The van der Waals surface area contributed by atoms with Crippen LogP contribution in [0.5, 0.6) is 11.5 Å². The number of thiazole rings is 1. The number of benzene rings is 2. The molecule has 0 saturated heterocycles. The zero-order valence-corrected chi connectivity index (χ0v) is 16.4. The fourth-order valence-electron chi connectivity index (χ4n) is 2.99. The third-order valence-electron chi connectivity index (χ3n) is 4.51. The second kappa shape index (κ2) is 7.44. The zero-order chi connectivity index (χ0) is 19.6. The quantitative estimate of drug-likeness (QED) is 0.453. The average molecular weight is 403 g/mol. The third-order valence-corrected chi connectivity index (χ3v) is 5.33. The van der Waals surface area contributed by atoms with Crippen molar-refractivity contribution >= 4 is 23.2 Å². The van der Waals surface area contributed by atoms with E-state index in [1.807, 2.05) is 66.9 Å². The number of aromatic nitrogens is 1. The van der Waals surface area contributed by atoms with Crippen LogP contribution in [0, 0.1) is 6.92 Å². The molecule has 4 aromatic rings. The summed E-state index contributed by atoms with van der Waals surface area (Å²) in [5, 5.41) is 6.69. The number of rotatable bonds is 4. The molecule has 6 nitrogen and oxygen atoms in total. The van der Waals surface area contributed by atoms with E-state index in [1.165, 1.54) is 11.3 Å². The summed E-state index contributed by atoms with van der Waals surface area (Å²) in [6, 6.07) is 17.5. The van der Waals surface area contributed by atoms with Gasteiger partial charge in [0.2, 0.25) is 11.6 Å². The van der Waals surface area contributed by atoms with Gasteiger partial charge >= 0.3 is 0 Å². The zero-order valence-electron chi connectivity index (χ0n) is 15.6. The van der Waals surface area contributed by atoms with Gasteiger partial charge in [0, 0.05) is 5.38 Å². The van der Waals surface area contributed by atoms with Crippen molar-refractivity contribution in [1.29, 1.82) is 0 Å². The average Bonchev–Trinajstić information content (AvgIpc) is 3.48. The Bertz CT molecular complexity index is 1250. The molecule has 0 aliphatic carbocycles. The lowest BCUT2D eigenvalue weighted by Gasteiger charge is -2.02. The molecule has 0 saturated carbocycles. The number of furan rings is 1. The lowest BCUT2D eigenvalue weighted by molar-refractivity contribution is 0.174. The molecule has 1 aliphatic heterocycles. The molecule has 0 N–H and O–H groups in total. The number of para-hydroxylation sites is 1. The lowest BCUT2D eigenvalue weighted by Crippen LogP contribution is -2.11. The number of hydrogen-bond acceptors (Lipinski definition) is 6. The van der Waals surface area contributed by atoms with Crippen molar-refractivity contribution in [1.82, 2.24) is 4.68 Å². The largest absolute Gasteiger partial charge is 0.463 e. The maximum atomic E-state index is 5.59. The summed E-state index contributed by atoms with van der Waals surface area (Å²) in [6.07, 6.45) is 3.43. The summed E-state index contributed by atoms with van der Waals surface area (Å²) in [4.78, 5) is 5.58. The lowest BCUT2D eigenvalue weighted by atomic mass is 10.2. The van der Waals surface area contributed by atoms with Crippen molar-refractivity contribution in [3.05, 3.63) is 82.2 Å². The van der Waals surface area contributed by atoms with Gasteiger partial charge in [-0.2, -0.15) is 5.10 Å². The van der Waals surface area contributed by atoms with Crippen molar-refractivity contribution in [2.45, 2.75) is 6.92 Å². The molecule has 5 rings (SSSR count). The van der Waals surface area contributed by atoms with Gasteiger partial charge in [-0.1, -0.05) is 18.2 Å². The van der Waals surface area contributed by atoms with Crippen LogP contribution >= 0.6 is 11.3 Å². The predicted molar refractivity (Wildman–Crippen MR) is 112 cm³/mol. The van der Waals surface area contributed by atoms with Crippen molar-refractivity contribution in [2.24, 2.45) is 10.1 Å². The van der Waals surface area contributed by atoms with Gasteiger partial charge in [0.1, 0.15) is 5.69 Å². The van der Waals surface area contributed by atoms with E-state index >= 15 is 0 Å². The fraction of sp³-hybridized carbons (Fsp3) is 0.0909. The minimum Gasteiger partial charge on any atom is -0.463 e. The first kappa shape index (κ1) is 17.5. The minimum atomic E-state index is 0.247. The highest BCUT2D eigenvalue weighted by molar-refractivity contribution is 7.07. The monoisotopic (exact) mass is 403 g/mol. The van der Waals surface area contributed by atoms with E-state index in [-0.39, 0.29) is 6.79 Å². The van der Waals surface area contributed by atoms with Crippen LogP contribution < -0.4 is 14.3 Å². The Hall–Kier alpha value is -3.58. The fourth-order valence-corrected chi connectivity index (χ4v) is 3.82. The molecular formula is C22H17N3O3S. The Morgan fingerprint density at radius 1 is 1.03 bits per heavy atom. The first-order valence-corrected chi connectivity index (χ1v) is 9.95. The van der Waals surface area contributed by atoms with Crippen LogP contribution in [-0.2, 0) is 0 Å². The molecule has 0 amide bonds. The van der Waals surface area contributed by atoms with Gasteiger partial charge < -0.3 is 13.9 Å². The van der Waals surface area contributed by atoms with Crippen LogP contribution in [-0.4, -0.2) is 17.7 Å². The highest BCUT2D eigenvalue weighted by Gasteiger charge is 2.13. The number of fused-ring (bicyclic) bond motifs is 1. The molecular weight excluding hydrogens is 386 g/mol. The summed E-state index contributed by atoms with van der Waals surface area (Å²) in [7, 11) is 0. The van der Waals surface area contributed by atoms with Crippen LogP contribution in [0.15, 0.2) is 80.8 Å². The van der Waals surface area contributed by atoms with Crippen molar-refractivity contribution in [2.75, 3.05) is 6.79 Å². The molecule has 1 aliphatic rings. The van der Waals surface area contributed by atoms with Gasteiger partial charge in [-0.15, -0.1) is 11.3 Å². The molecule has 3 heterocycles. The molecule has 0 atom stereocenters. The van der Waals surface area contributed by atoms with E-state index in [9.17, 15) is 0 Å². The van der Waals surface area contributed by atoms with E-state index in [2.05, 4.69) is 0 Å². The van der Waals surface area contributed by atoms with Crippen LogP contribution in [0.2, 0.25) is 0 Å². The first-order chi connectivity index (χ1) is 14.3. The number of aryl methyl sites for hydroxylation is 1. The Labute approximate surface area is 171 Å². The Morgan fingerprint density at radius 3 is 2.79 bits per heavy atom. The Balaban J connectivity index is 1.60. The van der Waals surface area contributed by atoms with E-state index in [0.717, 1.165) is 44.6 Å². The van der Waals surface area contributed by atoms with E-state index in [4.69, 9.17) is 24.0 Å². The SMILES string of the molecule is Cc1ccccc1N=c1scc(-c2ccco2)n1N=Cc1ccc2c(c1)OCO2. The standard InChI is InChI=1S/C22H17N3O3S/c1-15-5-2-3-6-17(15)24-22-25(18(13-29-22)19-7-4-10-26-19)23-12-16-8-9-20-21(11-16)28-14-27-20/h2-13H,14H2,1H3.